The quantitative estimate of drug-likeness (QED) is 0.725. The van der Waals surface area contributed by atoms with E-state index in [9.17, 15) is 9.59 Å². The van der Waals surface area contributed by atoms with Crippen LogP contribution in [0.25, 0.3) is 22.7 Å². The molecule has 2 aromatic heterocycles. The summed E-state index contributed by atoms with van der Waals surface area (Å²) in [7, 11) is 0. The second-order valence-electron chi connectivity index (χ2n) is 3.84. The summed E-state index contributed by atoms with van der Waals surface area (Å²) in [6.07, 6.45) is 0.651. The molecule has 3 aromatic rings. The molecule has 0 amide bonds. The molecular weight excluding hydrogens is 248 g/mol. The Bertz CT molecular complexity index is 764. The number of aromatic nitrogens is 2. The zero-order valence-corrected chi connectivity index (χ0v) is 9.62. The molecule has 0 radical (unpaired) electrons. The molecule has 1 aromatic carbocycles. The molecule has 3 rings (SSSR count). The summed E-state index contributed by atoms with van der Waals surface area (Å²) in [5.74, 6) is 0.646. The Morgan fingerprint density at radius 1 is 1.05 bits per heavy atom. The Morgan fingerprint density at radius 3 is 2.37 bits per heavy atom. The fraction of sp³-hybridized carbons (Fsp3) is 0. The number of nitrogens with zero attached hydrogens (tertiary/aromatic N) is 1. The molecule has 0 aliphatic rings. The lowest BCUT2D eigenvalue weighted by Gasteiger charge is -1.98. The smallest absolute Gasteiger partial charge is 0.439 e. The van der Waals surface area contributed by atoms with Crippen LogP contribution in [0.3, 0.4) is 0 Å². The number of H-pyrrole nitrogens is 1. The number of hydrogen-bond donors (Lipinski definition) is 1. The molecule has 0 fully saturated rings. The minimum atomic E-state index is -0.597. The van der Waals surface area contributed by atoms with E-state index in [2.05, 4.69) is 14.7 Å². The van der Waals surface area contributed by atoms with E-state index in [-0.39, 0.29) is 5.76 Å². The number of rotatable bonds is 3. The Kier molecular flexibility index (Phi) is 2.60. The molecule has 6 heteroatoms. The zero-order chi connectivity index (χ0) is 13.2. The lowest BCUT2D eigenvalue weighted by molar-refractivity contribution is 0.110. The summed E-state index contributed by atoms with van der Waals surface area (Å²) in [4.78, 5) is 23.9. The van der Waals surface area contributed by atoms with Crippen molar-refractivity contribution in [1.29, 1.82) is 0 Å². The average Bonchev–Trinajstić information content (AvgIpc) is 3.07. The third-order valence-corrected chi connectivity index (χ3v) is 2.63. The monoisotopic (exact) mass is 256 g/mol. The van der Waals surface area contributed by atoms with Crippen LogP contribution in [-0.4, -0.2) is 16.4 Å². The van der Waals surface area contributed by atoms with Gasteiger partial charge in [-0.25, -0.2) is 4.79 Å². The molecule has 0 aliphatic carbocycles. The number of carbonyl (C=O) groups excluding carboxylic acids is 1. The molecule has 0 unspecified atom stereocenters. The topological polar surface area (TPSA) is 89.1 Å². The number of carbonyl (C=O) groups is 1. The first-order valence-electron chi connectivity index (χ1n) is 5.48. The number of benzene rings is 1. The average molecular weight is 256 g/mol. The molecule has 0 bridgehead atoms. The second kappa shape index (κ2) is 4.41. The van der Waals surface area contributed by atoms with Gasteiger partial charge in [0, 0.05) is 11.1 Å². The van der Waals surface area contributed by atoms with Crippen LogP contribution in [0.15, 0.2) is 50.1 Å². The van der Waals surface area contributed by atoms with Gasteiger partial charge >= 0.3 is 5.76 Å². The van der Waals surface area contributed by atoms with Crippen molar-refractivity contribution in [1.82, 2.24) is 10.1 Å². The summed E-state index contributed by atoms with van der Waals surface area (Å²) in [6.45, 7) is 0. The molecule has 0 atom stereocenters. The normalized spacial score (nSPS) is 10.5. The highest BCUT2D eigenvalue weighted by Gasteiger charge is 2.07. The van der Waals surface area contributed by atoms with Crippen molar-refractivity contribution >= 4 is 6.29 Å². The summed E-state index contributed by atoms with van der Waals surface area (Å²) >= 11 is 0. The van der Waals surface area contributed by atoms with Crippen LogP contribution in [0.2, 0.25) is 0 Å². The van der Waals surface area contributed by atoms with E-state index in [1.807, 2.05) is 0 Å². The van der Waals surface area contributed by atoms with Crippen LogP contribution < -0.4 is 5.76 Å². The fourth-order valence-corrected chi connectivity index (χ4v) is 1.72. The maximum absolute atomic E-state index is 10.9. The first-order chi connectivity index (χ1) is 9.26. The van der Waals surface area contributed by atoms with Gasteiger partial charge in [0.2, 0.25) is 0 Å². The minimum Gasteiger partial charge on any atom is -0.453 e. The van der Waals surface area contributed by atoms with Crippen molar-refractivity contribution < 1.29 is 13.7 Å². The predicted octanol–water partition coefficient (Wildman–Crippen LogP) is 2.10. The van der Waals surface area contributed by atoms with Gasteiger partial charge in [0.25, 0.3) is 0 Å². The SMILES string of the molecule is O=Cc1ccc(-c2ccc(-c3noc(=O)[nH]3)cc2)o1. The summed E-state index contributed by atoms with van der Waals surface area (Å²) in [5, 5.41) is 3.59. The Labute approximate surface area is 106 Å². The molecule has 0 saturated heterocycles. The summed E-state index contributed by atoms with van der Waals surface area (Å²) in [6, 6.07) is 10.5. The summed E-state index contributed by atoms with van der Waals surface area (Å²) in [5.41, 5.74) is 1.54. The van der Waals surface area contributed by atoms with E-state index in [4.69, 9.17) is 4.42 Å². The predicted molar refractivity (Wildman–Crippen MR) is 65.6 cm³/mol. The van der Waals surface area contributed by atoms with Crippen molar-refractivity contribution in [2.75, 3.05) is 0 Å². The molecule has 0 saturated carbocycles. The lowest BCUT2D eigenvalue weighted by atomic mass is 10.1. The molecule has 6 nitrogen and oxygen atoms in total. The van der Waals surface area contributed by atoms with Gasteiger partial charge in [-0.15, -0.1) is 0 Å². The van der Waals surface area contributed by atoms with Crippen molar-refractivity contribution in [3.05, 3.63) is 52.7 Å². The van der Waals surface area contributed by atoms with E-state index in [1.54, 1.807) is 36.4 Å². The van der Waals surface area contributed by atoms with Gasteiger partial charge in [0.1, 0.15) is 5.76 Å². The molecule has 0 aliphatic heterocycles. The Morgan fingerprint density at radius 2 is 1.79 bits per heavy atom. The van der Waals surface area contributed by atoms with E-state index in [1.165, 1.54) is 0 Å². The second-order valence-corrected chi connectivity index (χ2v) is 3.84. The van der Waals surface area contributed by atoms with Crippen LogP contribution in [0, 0.1) is 0 Å². The van der Waals surface area contributed by atoms with E-state index >= 15 is 0 Å². The first kappa shape index (κ1) is 11.2. The largest absolute Gasteiger partial charge is 0.453 e. The third kappa shape index (κ3) is 2.11. The van der Waals surface area contributed by atoms with Crippen LogP contribution in [-0.2, 0) is 0 Å². The molecule has 1 N–H and O–H groups in total. The van der Waals surface area contributed by atoms with Gasteiger partial charge in [-0.2, -0.15) is 0 Å². The van der Waals surface area contributed by atoms with Crippen molar-refractivity contribution in [2.24, 2.45) is 0 Å². The molecular formula is C13H8N2O4. The van der Waals surface area contributed by atoms with Crippen molar-refractivity contribution in [2.45, 2.75) is 0 Å². The van der Waals surface area contributed by atoms with E-state index < -0.39 is 5.76 Å². The highest BCUT2D eigenvalue weighted by Crippen LogP contribution is 2.24. The molecule has 2 heterocycles. The summed E-state index contributed by atoms with van der Waals surface area (Å²) < 4.78 is 9.74. The first-order valence-corrected chi connectivity index (χ1v) is 5.48. The zero-order valence-electron chi connectivity index (χ0n) is 9.62. The number of hydrogen-bond acceptors (Lipinski definition) is 5. The molecule has 19 heavy (non-hydrogen) atoms. The minimum absolute atomic E-state index is 0.278. The highest BCUT2D eigenvalue weighted by molar-refractivity contribution is 5.73. The van der Waals surface area contributed by atoms with Gasteiger partial charge < -0.3 is 4.42 Å². The van der Waals surface area contributed by atoms with Crippen LogP contribution in [0.4, 0.5) is 0 Å². The number of aromatic amines is 1. The van der Waals surface area contributed by atoms with Gasteiger partial charge in [-0.3, -0.25) is 14.3 Å². The maximum atomic E-state index is 10.9. The third-order valence-electron chi connectivity index (χ3n) is 2.63. The van der Waals surface area contributed by atoms with Crippen molar-refractivity contribution in [3.63, 3.8) is 0 Å². The molecule has 94 valence electrons. The van der Waals surface area contributed by atoms with Crippen molar-refractivity contribution in [3.8, 4) is 22.7 Å². The fourth-order valence-electron chi connectivity index (χ4n) is 1.72. The van der Waals surface area contributed by atoms with E-state index in [0.29, 0.717) is 17.9 Å². The standard InChI is InChI=1S/C13H8N2O4/c16-7-10-5-6-11(18-10)8-1-3-9(4-2-8)12-14-13(17)19-15-12/h1-7H,(H,14,15,17). The maximum Gasteiger partial charge on any atom is 0.439 e. The lowest BCUT2D eigenvalue weighted by Crippen LogP contribution is -1.94. The van der Waals surface area contributed by atoms with Crippen LogP contribution in [0.5, 0.6) is 0 Å². The number of nitrogens with one attached hydrogen (secondary N) is 1. The van der Waals surface area contributed by atoms with Crippen LogP contribution in [0.1, 0.15) is 10.6 Å². The number of furan rings is 1. The van der Waals surface area contributed by atoms with Gasteiger partial charge in [0.05, 0.1) is 0 Å². The van der Waals surface area contributed by atoms with E-state index in [0.717, 1.165) is 11.1 Å². The van der Waals surface area contributed by atoms with Gasteiger partial charge in [-0.1, -0.05) is 29.4 Å². The van der Waals surface area contributed by atoms with Gasteiger partial charge in [0.15, 0.2) is 17.9 Å². The molecule has 0 spiro atoms. The Hall–Kier alpha value is -2.89. The number of aldehydes is 1. The van der Waals surface area contributed by atoms with Crippen LogP contribution >= 0.6 is 0 Å². The Balaban J connectivity index is 1.94. The van der Waals surface area contributed by atoms with Gasteiger partial charge in [-0.05, 0) is 12.1 Å². The highest BCUT2D eigenvalue weighted by atomic mass is 16.5.